The molecule has 20 heavy (non-hydrogen) atoms. The number of carboxylic acids is 1. The summed E-state index contributed by atoms with van der Waals surface area (Å²) in [6.45, 7) is 3.98. The lowest BCUT2D eigenvalue weighted by atomic mass is 10.1. The summed E-state index contributed by atoms with van der Waals surface area (Å²) >= 11 is 1.21. The van der Waals surface area contributed by atoms with Crippen molar-refractivity contribution in [3.63, 3.8) is 0 Å². The summed E-state index contributed by atoms with van der Waals surface area (Å²) in [5.74, 6) is -1.20. The Kier molecular flexibility index (Phi) is 4.13. The Morgan fingerprint density at radius 1 is 1.40 bits per heavy atom. The number of carbonyl (C=O) groups excluding carboxylic acids is 1. The maximum atomic E-state index is 12.4. The first-order valence-corrected chi connectivity index (χ1v) is 7.08. The van der Waals surface area contributed by atoms with Crippen LogP contribution in [0.5, 0.6) is 0 Å². The maximum absolute atomic E-state index is 12.4. The first-order valence-electron chi connectivity index (χ1n) is 6.20. The summed E-state index contributed by atoms with van der Waals surface area (Å²) in [4.78, 5) is 28.8. The van der Waals surface area contributed by atoms with Crippen LogP contribution in [-0.2, 0) is 9.59 Å². The average Bonchev–Trinajstić information content (AvgIpc) is 2.69. The molecule has 0 aromatic heterocycles. The van der Waals surface area contributed by atoms with Gasteiger partial charge in [0.2, 0.25) is 5.91 Å². The Bertz CT molecular complexity index is 598. The fraction of sp³-hybridized carbons (Fsp3) is 0.357. The third-order valence-corrected chi connectivity index (χ3v) is 4.46. The maximum Gasteiger partial charge on any atom is 0.305 e. The average molecular weight is 292 g/mol. The van der Waals surface area contributed by atoms with Crippen LogP contribution in [0.3, 0.4) is 0 Å². The van der Waals surface area contributed by atoms with Gasteiger partial charge in [-0.3, -0.25) is 19.5 Å². The quantitative estimate of drug-likeness (QED) is 0.927. The minimum atomic E-state index is -0.978. The van der Waals surface area contributed by atoms with E-state index in [9.17, 15) is 9.59 Å². The van der Waals surface area contributed by atoms with E-state index in [0.717, 1.165) is 16.8 Å². The van der Waals surface area contributed by atoms with Gasteiger partial charge in [-0.25, -0.2) is 0 Å². The van der Waals surface area contributed by atoms with Crippen molar-refractivity contribution in [3.8, 4) is 0 Å². The van der Waals surface area contributed by atoms with Gasteiger partial charge < -0.3 is 5.11 Å². The molecule has 1 aliphatic heterocycles. The SMILES string of the molecule is CN=C1S[C@@H](CC(=O)O)C(=O)N1c1ccc(C)c(C)c1. The highest BCUT2D eigenvalue weighted by Crippen LogP contribution is 2.34. The second kappa shape index (κ2) is 5.66. The zero-order valence-corrected chi connectivity index (χ0v) is 12.4. The topological polar surface area (TPSA) is 70.0 Å². The van der Waals surface area contributed by atoms with E-state index in [2.05, 4.69) is 4.99 Å². The van der Waals surface area contributed by atoms with Crippen LogP contribution in [0.4, 0.5) is 5.69 Å². The fourth-order valence-corrected chi connectivity index (χ4v) is 3.10. The molecule has 0 aliphatic carbocycles. The number of carbonyl (C=O) groups is 2. The van der Waals surface area contributed by atoms with E-state index in [1.165, 1.54) is 16.7 Å². The Hall–Kier alpha value is -1.82. The van der Waals surface area contributed by atoms with Crippen molar-refractivity contribution in [2.24, 2.45) is 4.99 Å². The number of aryl methyl sites for hydroxylation is 2. The van der Waals surface area contributed by atoms with Crippen molar-refractivity contribution in [2.45, 2.75) is 25.5 Å². The summed E-state index contributed by atoms with van der Waals surface area (Å²) in [7, 11) is 1.60. The van der Waals surface area contributed by atoms with Crippen LogP contribution in [-0.4, -0.2) is 34.4 Å². The molecule has 1 saturated heterocycles. The molecule has 0 spiro atoms. The molecule has 1 aromatic carbocycles. The zero-order valence-electron chi connectivity index (χ0n) is 11.6. The smallest absolute Gasteiger partial charge is 0.305 e. The second-order valence-corrected chi connectivity index (χ2v) is 5.82. The van der Waals surface area contributed by atoms with Crippen molar-refractivity contribution < 1.29 is 14.7 Å². The number of carboxylic acid groups (broad SMARTS) is 1. The van der Waals surface area contributed by atoms with Gasteiger partial charge in [0.05, 0.1) is 12.1 Å². The van der Waals surface area contributed by atoms with E-state index in [0.29, 0.717) is 5.17 Å². The van der Waals surface area contributed by atoms with Crippen molar-refractivity contribution in [3.05, 3.63) is 29.3 Å². The van der Waals surface area contributed by atoms with Crippen LogP contribution < -0.4 is 4.90 Å². The number of thioether (sulfide) groups is 1. The third kappa shape index (κ3) is 2.70. The molecule has 5 nitrogen and oxygen atoms in total. The van der Waals surface area contributed by atoms with Gasteiger partial charge in [-0.1, -0.05) is 17.8 Å². The molecule has 106 valence electrons. The number of aliphatic imine (C=N–C) groups is 1. The lowest BCUT2D eigenvalue weighted by molar-refractivity contribution is -0.138. The number of hydrogen-bond donors (Lipinski definition) is 1. The number of rotatable bonds is 3. The number of aliphatic carboxylic acids is 1. The largest absolute Gasteiger partial charge is 0.481 e. The Labute approximate surface area is 121 Å². The molecular weight excluding hydrogens is 276 g/mol. The minimum Gasteiger partial charge on any atom is -0.481 e. The van der Waals surface area contributed by atoms with Crippen molar-refractivity contribution >= 4 is 34.5 Å². The minimum absolute atomic E-state index is 0.191. The molecule has 0 unspecified atom stereocenters. The lowest BCUT2D eigenvalue weighted by Crippen LogP contribution is -2.32. The highest BCUT2D eigenvalue weighted by atomic mass is 32.2. The Balaban J connectivity index is 2.36. The first kappa shape index (κ1) is 14.6. The molecule has 1 N–H and O–H groups in total. The zero-order chi connectivity index (χ0) is 14.9. The normalized spacial score (nSPS) is 20.8. The van der Waals surface area contributed by atoms with E-state index < -0.39 is 11.2 Å². The van der Waals surface area contributed by atoms with E-state index in [1.54, 1.807) is 7.05 Å². The van der Waals surface area contributed by atoms with Crippen molar-refractivity contribution in [1.29, 1.82) is 0 Å². The number of amides is 1. The molecule has 2 rings (SSSR count). The summed E-state index contributed by atoms with van der Waals surface area (Å²) in [5, 5.41) is 8.81. The van der Waals surface area contributed by atoms with Gasteiger partial charge >= 0.3 is 5.97 Å². The predicted molar refractivity (Wildman–Crippen MR) is 80.4 cm³/mol. The van der Waals surface area contributed by atoms with Crippen LogP contribution in [0, 0.1) is 13.8 Å². The standard InChI is InChI=1S/C14H16N2O3S/c1-8-4-5-10(6-9(8)2)16-13(19)11(7-12(17)18)20-14(16)15-3/h4-6,11H,7H2,1-3H3,(H,17,18)/t11-/m0/s1. The van der Waals surface area contributed by atoms with Crippen LogP contribution in [0.25, 0.3) is 0 Å². The number of hydrogen-bond acceptors (Lipinski definition) is 4. The van der Waals surface area contributed by atoms with Crippen molar-refractivity contribution in [1.82, 2.24) is 0 Å². The van der Waals surface area contributed by atoms with Gasteiger partial charge in [0, 0.05) is 7.05 Å². The summed E-state index contributed by atoms with van der Waals surface area (Å²) in [6, 6.07) is 5.72. The molecule has 1 aromatic rings. The van der Waals surface area contributed by atoms with Gasteiger partial charge in [0.1, 0.15) is 5.25 Å². The molecule has 1 aliphatic rings. The number of benzene rings is 1. The monoisotopic (exact) mass is 292 g/mol. The number of amidine groups is 1. The van der Waals surface area contributed by atoms with Crippen LogP contribution >= 0.6 is 11.8 Å². The van der Waals surface area contributed by atoms with Crippen LogP contribution in [0.1, 0.15) is 17.5 Å². The molecule has 1 fully saturated rings. The van der Waals surface area contributed by atoms with Gasteiger partial charge in [0.15, 0.2) is 5.17 Å². The van der Waals surface area contributed by atoms with E-state index in [-0.39, 0.29) is 12.3 Å². The summed E-state index contributed by atoms with van der Waals surface area (Å²) < 4.78 is 0. The number of anilines is 1. The number of nitrogens with zero attached hydrogens (tertiary/aromatic N) is 2. The molecule has 6 heteroatoms. The van der Waals surface area contributed by atoms with Gasteiger partial charge in [-0.15, -0.1) is 0 Å². The fourth-order valence-electron chi connectivity index (χ4n) is 2.01. The molecule has 0 saturated carbocycles. The van der Waals surface area contributed by atoms with Crippen LogP contribution in [0.2, 0.25) is 0 Å². The second-order valence-electron chi connectivity index (χ2n) is 4.65. The molecule has 0 radical (unpaired) electrons. The highest BCUT2D eigenvalue weighted by molar-refractivity contribution is 8.16. The van der Waals surface area contributed by atoms with E-state index in [4.69, 9.17) is 5.11 Å². The van der Waals surface area contributed by atoms with Crippen LogP contribution in [0.15, 0.2) is 23.2 Å². The van der Waals surface area contributed by atoms with Gasteiger partial charge in [-0.05, 0) is 37.1 Å². The van der Waals surface area contributed by atoms with Gasteiger partial charge in [0.25, 0.3) is 0 Å². The summed E-state index contributed by atoms with van der Waals surface area (Å²) in [6.07, 6.45) is -0.191. The van der Waals surface area contributed by atoms with Crippen molar-refractivity contribution in [2.75, 3.05) is 11.9 Å². The molecular formula is C14H16N2O3S. The Morgan fingerprint density at radius 3 is 2.65 bits per heavy atom. The molecule has 1 heterocycles. The lowest BCUT2D eigenvalue weighted by Gasteiger charge is -2.17. The molecule has 0 bridgehead atoms. The van der Waals surface area contributed by atoms with E-state index in [1.807, 2.05) is 32.0 Å². The first-order chi connectivity index (χ1) is 9.43. The third-order valence-electron chi connectivity index (χ3n) is 3.23. The molecule has 1 amide bonds. The molecule has 1 atom stereocenters. The van der Waals surface area contributed by atoms with E-state index >= 15 is 0 Å². The van der Waals surface area contributed by atoms with Gasteiger partial charge in [-0.2, -0.15) is 0 Å². The summed E-state index contributed by atoms with van der Waals surface area (Å²) in [5.41, 5.74) is 2.96. The highest BCUT2D eigenvalue weighted by Gasteiger charge is 2.39. The predicted octanol–water partition coefficient (Wildman–Crippen LogP) is 2.21. The Morgan fingerprint density at radius 2 is 2.10 bits per heavy atom.